The standard InChI is InChI=1S/C14H27NO2/c1-11(12-7-5-6-8-12)15(14(2,3)4)10-9-13(16)17/h11-12H,5-10H2,1-4H3,(H,16,17). The predicted octanol–water partition coefficient (Wildman–Crippen LogP) is 3.14. The van der Waals surface area contributed by atoms with E-state index >= 15 is 0 Å². The number of nitrogens with zero attached hydrogens (tertiary/aromatic N) is 1. The van der Waals surface area contributed by atoms with Crippen LogP contribution >= 0.6 is 0 Å². The molecule has 0 saturated heterocycles. The van der Waals surface area contributed by atoms with Gasteiger partial charge in [0.2, 0.25) is 0 Å². The molecule has 0 aromatic rings. The van der Waals surface area contributed by atoms with Crippen LogP contribution in [0.25, 0.3) is 0 Å². The number of rotatable bonds is 5. The van der Waals surface area contributed by atoms with Gasteiger partial charge in [-0.1, -0.05) is 12.8 Å². The third kappa shape index (κ3) is 4.30. The molecule has 0 spiro atoms. The molecule has 3 heteroatoms. The minimum Gasteiger partial charge on any atom is -0.481 e. The van der Waals surface area contributed by atoms with Crippen molar-refractivity contribution in [2.75, 3.05) is 6.54 Å². The van der Waals surface area contributed by atoms with E-state index < -0.39 is 5.97 Å². The van der Waals surface area contributed by atoms with Gasteiger partial charge in [0, 0.05) is 18.1 Å². The quantitative estimate of drug-likeness (QED) is 0.804. The smallest absolute Gasteiger partial charge is 0.304 e. The zero-order valence-electron chi connectivity index (χ0n) is 11.7. The van der Waals surface area contributed by atoms with Crippen LogP contribution < -0.4 is 0 Å². The molecule has 1 aliphatic rings. The van der Waals surface area contributed by atoms with Gasteiger partial charge in [0.05, 0.1) is 6.42 Å². The van der Waals surface area contributed by atoms with Gasteiger partial charge in [-0.2, -0.15) is 0 Å². The zero-order valence-corrected chi connectivity index (χ0v) is 11.7. The highest BCUT2D eigenvalue weighted by Crippen LogP contribution is 2.32. The summed E-state index contributed by atoms with van der Waals surface area (Å²) in [6, 6.07) is 0.497. The van der Waals surface area contributed by atoms with Crippen LogP contribution in [0.2, 0.25) is 0 Å². The SMILES string of the molecule is CC(C1CCCC1)N(CCC(=O)O)C(C)(C)C. The van der Waals surface area contributed by atoms with E-state index in [9.17, 15) is 4.79 Å². The zero-order chi connectivity index (χ0) is 13.1. The Kier molecular flexibility index (Phi) is 4.99. The van der Waals surface area contributed by atoms with E-state index in [2.05, 4.69) is 32.6 Å². The van der Waals surface area contributed by atoms with Gasteiger partial charge < -0.3 is 5.11 Å². The number of hydrogen-bond donors (Lipinski definition) is 1. The molecule has 1 rings (SSSR count). The number of hydrogen-bond acceptors (Lipinski definition) is 2. The molecular weight excluding hydrogens is 214 g/mol. The molecule has 0 aromatic heterocycles. The fraction of sp³-hybridized carbons (Fsp3) is 0.929. The maximum atomic E-state index is 10.7. The third-order valence-electron chi connectivity index (χ3n) is 4.00. The topological polar surface area (TPSA) is 40.5 Å². The summed E-state index contributed by atoms with van der Waals surface area (Å²) in [5.41, 5.74) is 0.0530. The Bertz CT molecular complexity index is 251. The monoisotopic (exact) mass is 241 g/mol. The van der Waals surface area contributed by atoms with Gasteiger partial charge in [-0.05, 0) is 46.5 Å². The van der Waals surface area contributed by atoms with Crippen molar-refractivity contribution in [3.8, 4) is 0 Å². The number of carboxylic acids is 1. The van der Waals surface area contributed by atoms with Gasteiger partial charge >= 0.3 is 5.97 Å². The Morgan fingerprint density at radius 2 is 1.88 bits per heavy atom. The van der Waals surface area contributed by atoms with Gasteiger partial charge in [-0.3, -0.25) is 9.69 Å². The minimum absolute atomic E-state index is 0.0530. The molecule has 0 amide bonds. The summed E-state index contributed by atoms with van der Waals surface area (Å²) < 4.78 is 0. The average Bonchev–Trinajstić information content (AvgIpc) is 2.67. The second kappa shape index (κ2) is 5.85. The van der Waals surface area contributed by atoms with Crippen LogP contribution in [0.4, 0.5) is 0 Å². The van der Waals surface area contributed by atoms with Crippen molar-refractivity contribution in [1.82, 2.24) is 4.90 Å². The van der Waals surface area contributed by atoms with Crippen LogP contribution in [0.15, 0.2) is 0 Å². The van der Waals surface area contributed by atoms with Crippen molar-refractivity contribution >= 4 is 5.97 Å². The van der Waals surface area contributed by atoms with E-state index in [-0.39, 0.29) is 12.0 Å². The van der Waals surface area contributed by atoms with Crippen LogP contribution in [0.3, 0.4) is 0 Å². The van der Waals surface area contributed by atoms with Crippen LogP contribution in [-0.2, 0) is 4.79 Å². The molecule has 0 aliphatic heterocycles. The van der Waals surface area contributed by atoms with E-state index in [1.54, 1.807) is 0 Å². The van der Waals surface area contributed by atoms with E-state index in [0.29, 0.717) is 12.6 Å². The molecule has 1 atom stereocenters. The van der Waals surface area contributed by atoms with Crippen molar-refractivity contribution in [2.45, 2.75) is 71.4 Å². The molecule has 0 bridgehead atoms. The third-order valence-corrected chi connectivity index (χ3v) is 4.00. The summed E-state index contributed by atoms with van der Waals surface area (Å²) in [6.45, 7) is 9.47. The summed E-state index contributed by atoms with van der Waals surface area (Å²) >= 11 is 0. The van der Waals surface area contributed by atoms with Gasteiger partial charge in [0.1, 0.15) is 0 Å². The second-order valence-corrected chi connectivity index (χ2v) is 6.29. The lowest BCUT2D eigenvalue weighted by atomic mass is 9.93. The van der Waals surface area contributed by atoms with Crippen LogP contribution in [0.5, 0.6) is 0 Å². The molecule has 0 aromatic carbocycles. The van der Waals surface area contributed by atoms with E-state index in [1.807, 2.05) is 0 Å². The molecule has 1 N–H and O–H groups in total. The summed E-state index contributed by atoms with van der Waals surface area (Å²) in [4.78, 5) is 13.1. The molecule has 1 unspecified atom stereocenters. The Morgan fingerprint density at radius 1 is 1.35 bits per heavy atom. The number of carbonyl (C=O) groups is 1. The lowest BCUT2D eigenvalue weighted by Gasteiger charge is -2.42. The summed E-state index contributed by atoms with van der Waals surface area (Å²) in [6.07, 6.45) is 5.54. The first-order valence-electron chi connectivity index (χ1n) is 6.81. The molecule has 1 saturated carbocycles. The van der Waals surface area contributed by atoms with Gasteiger partial charge in [-0.15, -0.1) is 0 Å². The first kappa shape index (κ1) is 14.5. The summed E-state index contributed by atoms with van der Waals surface area (Å²) in [7, 11) is 0. The molecule has 3 nitrogen and oxygen atoms in total. The predicted molar refractivity (Wildman–Crippen MR) is 70.1 cm³/mol. The van der Waals surface area contributed by atoms with E-state index in [4.69, 9.17) is 5.11 Å². The van der Waals surface area contributed by atoms with Gasteiger partial charge in [-0.25, -0.2) is 0 Å². The van der Waals surface area contributed by atoms with E-state index in [1.165, 1.54) is 25.7 Å². The molecule has 0 radical (unpaired) electrons. The largest absolute Gasteiger partial charge is 0.481 e. The molecule has 100 valence electrons. The van der Waals surface area contributed by atoms with Crippen molar-refractivity contribution in [3.05, 3.63) is 0 Å². The normalized spacial score (nSPS) is 19.8. The Labute approximate surface area is 105 Å². The number of aliphatic carboxylic acids is 1. The van der Waals surface area contributed by atoms with Crippen molar-refractivity contribution in [3.63, 3.8) is 0 Å². The first-order chi connectivity index (χ1) is 7.82. The fourth-order valence-electron chi connectivity index (χ4n) is 3.06. The van der Waals surface area contributed by atoms with E-state index in [0.717, 1.165) is 5.92 Å². The van der Waals surface area contributed by atoms with Crippen molar-refractivity contribution in [1.29, 1.82) is 0 Å². The van der Waals surface area contributed by atoms with Crippen LogP contribution in [-0.4, -0.2) is 34.1 Å². The molecular formula is C14H27NO2. The Balaban J connectivity index is 2.64. The first-order valence-corrected chi connectivity index (χ1v) is 6.81. The lowest BCUT2D eigenvalue weighted by molar-refractivity contribution is -0.137. The second-order valence-electron chi connectivity index (χ2n) is 6.29. The van der Waals surface area contributed by atoms with Crippen LogP contribution in [0, 0.1) is 5.92 Å². The summed E-state index contributed by atoms with van der Waals surface area (Å²) in [5.74, 6) is 0.0564. The highest BCUT2D eigenvalue weighted by atomic mass is 16.4. The maximum absolute atomic E-state index is 10.7. The molecule has 0 heterocycles. The van der Waals surface area contributed by atoms with Gasteiger partial charge in [0.15, 0.2) is 0 Å². The highest BCUT2D eigenvalue weighted by Gasteiger charge is 2.32. The van der Waals surface area contributed by atoms with Crippen molar-refractivity contribution < 1.29 is 9.90 Å². The minimum atomic E-state index is -0.696. The maximum Gasteiger partial charge on any atom is 0.304 e. The average molecular weight is 241 g/mol. The van der Waals surface area contributed by atoms with Crippen LogP contribution in [0.1, 0.15) is 59.8 Å². The molecule has 17 heavy (non-hydrogen) atoms. The Hall–Kier alpha value is -0.570. The van der Waals surface area contributed by atoms with Crippen molar-refractivity contribution in [2.24, 2.45) is 5.92 Å². The number of carboxylic acid groups (broad SMARTS) is 1. The molecule has 1 fully saturated rings. The van der Waals surface area contributed by atoms with Gasteiger partial charge in [0.25, 0.3) is 0 Å². The highest BCUT2D eigenvalue weighted by molar-refractivity contribution is 5.66. The lowest BCUT2D eigenvalue weighted by Crippen LogP contribution is -2.50. The molecule has 1 aliphatic carbocycles. The summed E-state index contributed by atoms with van der Waals surface area (Å²) in [5, 5.41) is 8.85. The fourth-order valence-corrected chi connectivity index (χ4v) is 3.06. The Morgan fingerprint density at radius 3 is 2.29 bits per heavy atom.